The van der Waals surface area contributed by atoms with Gasteiger partial charge in [-0.3, -0.25) is 4.79 Å². The quantitative estimate of drug-likeness (QED) is 0.789. The second kappa shape index (κ2) is 6.44. The van der Waals surface area contributed by atoms with Gasteiger partial charge in [0, 0.05) is 6.42 Å². The predicted octanol–water partition coefficient (Wildman–Crippen LogP) is 3.85. The zero-order chi connectivity index (χ0) is 17.2. The van der Waals surface area contributed by atoms with Crippen LogP contribution in [0.5, 0.6) is 0 Å². The van der Waals surface area contributed by atoms with Crippen LogP contribution in [0.2, 0.25) is 0 Å². The van der Waals surface area contributed by atoms with E-state index in [-0.39, 0.29) is 12.2 Å². The van der Waals surface area contributed by atoms with E-state index in [1.807, 2.05) is 0 Å². The highest BCUT2D eigenvalue weighted by molar-refractivity contribution is 5.94. The summed E-state index contributed by atoms with van der Waals surface area (Å²) in [4.78, 5) is 24.8. The predicted molar refractivity (Wildman–Crippen MR) is 76.4 cm³/mol. The Balaban J connectivity index is 2.22. The molecule has 1 saturated heterocycles. The summed E-state index contributed by atoms with van der Waals surface area (Å²) >= 11 is 0. The van der Waals surface area contributed by atoms with Crippen LogP contribution < -0.4 is 0 Å². The second-order valence-electron chi connectivity index (χ2n) is 5.41. The molecule has 2 unspecified atom stereocenters. The van der Waals surface area contributed by atoms with E-state index < -0.39 is 36.6 Å². The fraction of sp³-hybridized carbons (Fsp3) is 0.375. The number of allylic oxidation sites excluding steroid dienone is 1. The summed E-state index contributed by atoms with van der Waals surface area (Å²) < 4.78 is 43.8. The topological polar surface area (TPSA) is 46.6 Å². The number of alkyl halides is 3. The molecule has 0 radical (unpaired) electrons. The van der Waals surface area contributed by atoms with Gasteiger partial charge in [-0.15, -0.1) is 0 Å². The summed E-state index contributed by atoms with van der Waals surface area (Å²) in [7, 11) is 0. The summed E-state index contributed by atoms with van der Waals surface area (Å²) in [6, 6.07) is 7.85. The summed E-state index contributed by atoms with van der Waals surface area (Å²) in [5.74, 6) is -2.91. The molecule has 2 rings (SSSR count). The third-order valence-corrected chi connectivity index (χ3v) is 3.69. The van der Waals surface area contributed by atoms with Crippen molar-refractivity contribution in [2.75, 3.05) is 6.61 Å². The SMILES string of the molecule is C=C(C)C(CC(=O)N1C(=O)OCC1c1ccccc1)C(F)(F)F. The number of rotatable bonds is 4. The maximum Gasteiger partial charge on any atom is 0.417 e. The van der Waals surface area contributed by atoms with Crippen LogP contribution in [0.4, 0.5) is 18.0 Å². The van der Waals surface area contributed by atoms with Crippen LogP contribution in [-0.2, 0) is 9.53 Å². The van der Waals surface area contributed by atoms with E-state index in [9.17, 15) is 22.8 Å². The van der Waals surface area contributed by atoms with Crippen molar-refractivity contribution in [2.45, 2.75) is 25.6 Å². The molecule has 0 saturated carbocycles. The fourth-order valence-corrected chi connectivity index (χ4v) is 2.46. The third kappa shape index (κ3) is 3.72. The first-order chi connectivity index (χ1) is 10.7. The highest BCUT2D eigenvalue weighted by atomic mass is 19.4. The minimum absolute atomic E-state index is 0.0711. The van der Waals surface area contributed by atoms with Crippen molar-refractivity contribution >= 4 is 12.0 Å². The number of ether oxygens (including phenoxy) is 1. The molecule has 23 heavy (non-hydrogen) atoms. The van der Waals surface area contributed by atoms with E-state index in [2.05, 4.69) is 6.58 Å². The molecular formula is C16H16F3NO3. The first-order valence-corrected chi connectivity index (χ1v) is 6.97. The maximum atomic E-state index is 13.0. The second-order valence-corrected chi connectivity index (χ2v) is 5.41. The van der Waals surface area contributed by atoms with Gasteiger partial charge in [0.25, 0.3) is 0 Å². The number of halogens is 3. The molecule has 0 aliphatic carbocycles. The number of hydrogen-bond donors (Lipinski definition) is 0. The van der Waals surface area contributed by atoms with Crippen LogP contribution in [0.3, 0.4) is 0 Å². The Labute approximate surface area is 131 Å². The van der Waals surface area contributed by atoms with Crippen molar-refractivity contribution in [2.24, 2.45) is 5.92 Å². The minimum Gasteiger partial charge on any atom is -0.446 e. The van der Waals surface area contributed by atoms with Crippen molar-refractivity contribution in [3.05, 3.63) is 48.0 Å². The number of hydrogen-bond acceptors (Lipinski definition) is 3. The zero-order valence-corrected chi connectivity index (χ0v) is 12.5. The Morgan fingerprint density at radius 3 is 2.52 bits per heavy atom. The summed E-state index contributed by atoms with van der Waals surface area (Å²) in [5, 5.41) is 0. The van der Waals surface area contributed by atoms with Crippen LogP contribution in [0.25, 0.3) is 0 Å². The molecule has 7 heteroatoms. The van der Waals surface area contributed by atoms with E-state index >= 15 is 0 Å². The average Bonchev–Trinajstić information content (AvgIpc) is 2.85. The van der Waals surface area contributed by atoms with Gasteiger partial charge in [-0.25, -0.2) is 9.69 Å². The molecule has 1 heterocycles. The van der Waals surface area contributed by atoms with E-state index in [1.54, 1.807) is 30.3 Å². The van der Waals surface area contributed by atoms with Gasteiger partial charge in [0.2, 0.25) is 5.91 Å². The smallest absolute Gasteiger partial charge is 0.417 e. The van der Waals surface area contributed by atoms with Gasteiger partial charge in [-0.1, -0.05) is 42.5 Å². The van der Waals surface area contributed by atoms with Crippen molar-refractivity contribution in [1.29, 1.82) is 0 Å². The molecule has 1 aliphatic rings. The zero-order valence-electron chi connectivity index (χ0n) is 12.5. The molecule has 0 aromatic heterocycles. The number of nitrogens with zero attached hydrogens (tertiary/aromatic N) is 1. The average molecular weight is 327 g/mol. The van der Waals surface area contributed by atoms with Gasteiger partial charge in [0.1, 0.15) is 12.6 Å². The van der Waals surface area contributed by atoms with E-state index in [0.717, 1.165) is 4.90 Å². The third-order valence-electron chi connectivity index (χ3n) is 3.69. The lowest BCUT2D eigenvalue weighted by Crippen LogP contribution is -2.38. The molecule has 2 atom stereocenters. The highest BCUT2D eigenvalue weighted by Crippen LogP contribution is 2.36. The Morgan fingerprint density at radius 2 is 2.00 bits per heavy atom. The van der Waals surface area contributed by atoms with Crippen LogP contribution in [0, 0.1) is 5.92 Å². The number of carbonyl (C=O) groups is 2. The Hall–Kier alpha value is -2.31. The van der Waals surface area contributed by atoms with Crippen molar-refractivity contribution in [3.8, 4) is 0 Å². The van der Waals surface area contributed by atoms with Crippen LogP contribution >= 0.6 is 0 Å². The molecule has 1 aromatic carbocycles. The van der Waals surface area contributed by atoms with Crippen LogP contribution in [0.15, 0.2) is 42.5 Å². The van der Waals surface area contributed by atoms with Gasteiger partial charge in [0.05, 0.1) is 5.92 Å². The Morgan fingerprint density at radius 1 is 1.39 bits per heavy atom. The first-order valence-electron chi connectivity index (χ1n) is 6.97. The summed E-state index contributed by atoms with van der Waals surface area (Å²) in [6.07, 6.45) is -6.38. The molecule has 0 bridgehead atoms. The molecule has 0 spiro atoms. The molecule has 0 N–H and O–H groups in total. The van der Waals surface area contributed by atoms with Crippen LogP contribution in [-0.4, -0.2) is 29.7 Å². The molecule has 1 aliphatic heterocycles. The van der Waals surface area contributed by atoms with Crippen molar-refractivity contribution in [1.82, 2.24) is 4.90 Å². The Bertz CT molecular complexity index is 613. The molecule has 1 fully saturated rings. The number of imide groups is 1. The number of cyclic esters (lactones) is 1. The van der Waals surface area contributed by atoms with Gasteiger partial charge >= 0.3 is 12.3 Å². The standard InChI is InChI=1S/C16H16F3NO3/c1-10(2)12(16(17,18)19)8-14(21)20-13(9-23-15(20)22)11-6-4-3-5-7-11/h3-7,12-13H,1,8-9H2,2H3. The van der Waals surface area contributed by atoms with E-state index in [4.69, 9.17) is 4.74 Å². The van der Waals surface area contributed by atoms with Gasteiger partial charge in [0.15, 0.2) is 0 Å². The highest BCUT2D eigenvalue weighted by Gasteiger charge is 2.45. The molecular weight excluding hydrogens is 311 g/mol. The molecule has 1 aromatic rings. The summed E-state index contributed by atoms with van der Waals surface area (Å²) in [5.41, 5.74) is 0.459. The van der Waals surface area contributed by atoms with E-state index in [0.29, 0.717) is 5.56 Å². The number of amides is 2. The molecule has 124 valence electrons. The lowest BCUT2D eigenvalue weighted by molar-refractivity contribution is -0.171. The van der Waals surface area contributed by atoms with Crippen molar-refractivity contribution < 1.29 is 27.5 Å². The molecule has 2 amide bonds. The fourth-order valence-electron chi connectivity index (χ4n) is 2.46. The molecule has 4 nitrogen and oxygen atoms in total. The maximum absolute atomic E-state index is 13.0. The summed E-state index contributed by atoms with van der Waals surface area (Å²) in [6.45, 7) is 4.43. The van der Waals surface area contributed by atoms with Gasteiger partial charge < -0.3 is 4.74 Å². The van der Waals surface area contributed by atoms with Gasteiger partial charge in [-0.2, -0.15) is 13.2 Å². The Kier molecular flexibility index (Phi) is 4.77. The minimum atomic E-state index is -4.59. The number of benzene rings is 1. The van der Waals surface area contributed by atoms with Crippen LogP contribution in [0.1, 0.15) is 24.9 Å². The van der Waals surface area contributed by atoms with Crippen molar-refractivity contribution in [3.63, 3.8) is 0 Å². The lowest BCUT2D eigenvalue weighted by Gasteiger charge is -2.24. The normalized spacial score (nSPS) is 19.4. The monoisotopic (exact) mass is 327 g/mol. The number of carbonyl (C=O) groups excluding carboxylic acids is 2. The lowest BCUT2D eigenvalue weighted by atomic mass is 9.96. The largest absolute Gasteiger partial charge is 0.446 e. The van der Waals surface area contributed by atoms with Gasteiger partial charge in [-0.05, 0) is 12.5 Å². The first kappa shape index (κ1) is 17.1. The van der Waals surface area contributed by atoms with E-state index in [1.165, 1.54) is 6.92 Å².